The first-order valence-electron chi connectivity index (χ1n) is 6.09. The average molecular weight is 261 g/mol. The highest BCUT2D eigenvalue weighted by Gasteiger charge is 2.14. The minimum absolute atomic E-state index is 0.0392. The normalized spacial score (nSPS) is 10.8. The lowest BCUT2D eigenvalue weighted by molar-refractivity contribution is 0.102. The Morgan fingerprint density at radius 1 is 1.42 bits per heavy atom. The Kier molecular flexibility index (Phi) is 3.64. The predicted molar refractivity (Wildman–Crippen MR) is 71.7 cm³/mol. The molecular formula is C14H16FN3O. The van der Waals surface area contributed by atoms with E-state index in [1.54, 1.807) is 36.1 Å². The molecule has 0 radical (unpaired) electrons. The number of hydrogen-bond donors (Lipinski definition) is 1. The van der Waals surface area contributed by atoms with E-state index in [1.165, 1.54) is 6.07 Å². The van der Waals surface area contributed by atoms with Crippen molar-refractivity contribution in [2.45, 2.75) is 26.8 Å². The summed E-state index contributed by atoms with van der Waals surface area (Å²) in [5.74, 6) is -0.958. The van der Waals surface area contributed by atoms with Crippen molar-refractivity contribution in [1.82, 2.24) is 9.78 Å². The highest BCUT2D eigenvalue weighted by Crippen LogP contribution is 2.15. The molecule has 19 heavy (non-hydrogen) atoms. The van der Waals surface area contributed by atoms with Crippen molar-refractivity contribution in [3.63, 3.8) is 0 Å². The summed E-state index contributed by atoms with van der Waals surface area (Å²) in [6.45, 7) is 5.60. The predicted octanol–water partition coefficient (Wildman–Crippen LogP) is 3.16. The van der Waals surface area contributed by atoms with Gasteiger partial charge in [0.15, 0.2) is 0 Å². The second-order valence-corrected chi connectivity index (χ2v) is 4.69. The van der Waals surface area contributed by atoms with E-state index in [-0.39, 0.29) is 11.6 Å². The lowest BCUT2D eigenvalue weighted by atomic mass is 10.1. The van der Waals surface area contributed by atoms with Gasteiger partial charge in [0, 0.05) is 12.2 Å². The fourth-order valence-corrected chi connectivity index (χ4v) is 1.71. The summed E-state index contributed by atoms with van der Waals surface area (Å²) in [5.41, 5.74) is 1.04. The third-order valence-electron chi connectivity index (χ3n) is 2.82. The molecule has 2 rings (SSSR count). The standard InChI is InChI=1S/C14H16FN3O/c1-9(2)18-8-11(7-16-18)17-14(19)12-6-4-5-10(3)13(12)15/h4-9H,1-3H3,(H,17,19). The molecule has 100 valence electrons. The minimum atomic E-state index is -0.490. The van der Waals surface area contributed by atoms with Crippen molar-refractivity contribution < 1.29 is 9.18 Å². The molecule has 0 fully saturated rings. The molecule has 1 heterocycles. The molecular weight excluding hydrogens is 245 g/mol. The van der Waals surface area contributed by atoms with E-state index in [0.29, 0.717) is 11.3 Å². The van der Waals surface area contributed by atoms with Crippen molar-refractivity contribution in [2.75, 3.05) is 5.32 Å². The van der Waals surface area contributed by atoms with Crippen molar-refractivity contribution in [3.8, 4) is 0 Å². The number of halogens is 1. The van der Waals surface area contributed by atoms with Gasteiger partial charge in [-0.25, -0.2) is 4.39 Å². The number of nitrogens with zero attached hydrogens (tertiary/aromatic N) is 2. The molecule has 1 aromatic carbocycles. The Labute approximate surface area is 111 Å². The Morgan fingerprint density at radius 3 is 2.79 bits per heavy atom. The van der Waals surface area contributed by atoms with Gasteiger partial charge in [-0.15, -0.1) is 0 Å². The molecule has 0 aliphatic heterocycles. The zero-order chi connectivity index (χ0) is 14.0. The summed E-state index contributed by atoms with van der Waals surface area (Å²) in [5, 5.41) is 6.75. The molecule has 0 atom stereocenters. The van der Waals surface area contributed by atoms with Gasteiger partial charge in [0.05, 0.1) is 17.4 Å². The molecule has 0 aliphatic carbocycles. The Morgan fingerprint density at radius 2 is 2.16 bits per heavy atom. The maximum absolute atomic E-state index is 13.8. The van der Waals surface area contributed by atoms with Crippen LogP contribution < -0.4 is 5.32 Å². The SMILES string of the molecule is Cc1cccc(C(=O)Nc2cnn(C(C)C)c2)c1F. The Hall–Kier alpha value is -2.17. The van der Waals surface area contributed by atoms with Crippen LogP contribution in [0, 0.1) is 12.7 Å². The van der Waals surface area contributed by atoms with Crippen LogP contribution in [-0.4, -0.2) is 15.7 Å². The number of aromatic nitrogens is 2. The fourth-order valence-electron chi connectivity index (χ4n) is 1.71. The molecule has 4 nitrogen and oxygen atoms in total. The summed E-state index contributed by atoms with van der Waals surface area (Å²) >= 11 is 0. The van der Waals surface area contributed by atoms with Crippen LogP contribution in [0.15, 0.2) is 30.6 Å². The number of aryl methyl sites for hydroxylation is 1. The number of anilines is 1. The van der Waals surface area contributed by atoms with Gasteiger partial charge in [0.1, 0.15) is 5.82 Å². The van der Waals surface area contributed by atoms with Crippen molar-refractivity contribution in [3.05, 3.63) is 47.5 Å². The van der Waals surface area contributed by atoms with Crippen LogP contribution in [0.3, 0.4) is 0 Å². The van der Waals surface area contributed by atoms with Crippen LogP contribution in [0.1, 0.15) is 35.8 Å². The molecule has 1 amide bonds. The van der Waals surface area contributed by atoms with E-state index in [4.69, 9.17) is 0 Å². The average Bonchev–Trinajstić information content (AvgIpc) is 2.81. The second-order valence-electron chi connectivity index (χ2n) is 4.69. The van der Waals surface area contributed by atoms with E-state index in [1.807, 2.05) is 13.8 Å². The highest BCUT2D eigenvalue weighted by molar-refractivity contribution is 6.04. The van der Waals surface area contributed by atoms with Gasteiger partial charge in [-0.2, -0.15) is 5.10 Å². The number of carbonyl (C=O) groups is 1. The molecule has 0 saturated carbocycles. The van der Waals surface area contributed by atoms with E-state index < -0.39 is 11.7 Å². The quantitative estimate of drug-likeness (QED) is 0.922. The highest BCUT2D eigenvalue weighted by atomic mass is 19.1. The summed E-state index contributed by atoms with van der Waals surface area (Å²) in [6.07, 6.45) is 3.27. The van der Waals surface area contributed by atoms with Gasteiger partial charge in [0.25, 0.3) is 5.91 Å². The summed E-state index contributed by atoms with van der Waals surface area (Å²) in [4.78, 5) is 12.0. The molecule has 2 aromatic rings. The van der Waals surface area contributed by atoms with Crippen molar-refractivity contribution in [1.29, 1.82) is 0 Å². The Balaban J connectivity index is 2.18. The number of hydrogen-bond acceptors (Lipinski definition) is 2. The number of carbonyl (C=O) groups excluding carboxylic acids is 1. The second kappa shape index (κ2) is 5.22. The number of benzene rings is 1. The molecule has 1 N–H and O–H groups in total. The zero-order valence-corrected chi connectivity index (χ0v) is 11.1. The maximum Gasteiger partial charge on any atom is 0.258 e. The topological polar surface area (TPSA) is 46.9 Å². The summed E-state index contributed by atoms with van der Waals surface area (Å²) < 4.78 is 15.5. The molecule has 0 saturated heterocycles. The van der Waals surface area contributed by atoms with Crippen LogP contribution in [0.2, 0.25) is 0 Å². The van der Waals surface area contributed by atoms with Crippen LogP contribution in [0.4, 0.5) is 10.1 Å². The van der Waals surface area contributed by atoms with E-state index in [2.05, 4.69) is 10.4 Å². The third-order valence-corrected chi connectivity index (χ3v) is 2.82. The molecule has 0 spiro atoms. The smallest absolute Gasteiger partial charge is 0.258 e. The van der Waals surface area contributed by atoms with Crippen LogP contribution in [0.25, 0.3) is 0 Å². The monoisotopic (exact) mass is 261 g/mol. The molecule has 5 heteroatoms. The summed E-state index contributed by atoms with van der Waals surface area (Å²) in [6, 6.07) is 4.96. The lowest BCUT2D eigenvalue weighted by Crippen LogP contribution is -2.14. The number of amides is 1. The zero-order valence-electron chi connectivity index (χ0n) is 11.1. The van der Waals surface area contributed by atoms with Gasteiger partial charge in [-0.3, -0.25) is 9.48 Å². The van der Waals surface area contributed by atoms with E-state index in [0.717, 1.165) is 0 Å². The van der Waals surface area contributed by atoms with Crippen LogP contribution in [-0.2, 0) is 0 Å². The summed E-state index contributed by atoms with van der Waals surface area (Å²) in [7, 11) is 0. The maximum atomic E-state index is 13.8. The van der Waals surface area contributed by atoms with E-state index >= 15 is 0 Å². The van der Waals surface area contributed by atoms with Crippen LogP contribution in [0.5, 0.6) is 0 Å². The third kappa shape index (κ3) is 2.81. The van der Waals surface area contributed by atoms with Gasteiger partial charge in [-0.1, -0.05) is 12.1 Å². The lowest BCUT2D eigenvalue weighted by Gasteiger charge is -2.06. The van der Waals surface area contributed by atoms with E-state index in [9.17, 15) is 9.18 Å². The molecule has 1 aromatic heterocycles. The molecule has 0 aliphatic rings. The first-order chi connectivity index (χ1) is 8.99. The largest absolute Gasteiger partial charge is 0.319 e. The number of rotatable bonds is 3. The van der Waals surface area contributed by atoms with Gasteiger partial charge >= 0.3 is 0 Å². The van der Waals surface area contributed by atoms with Crippen molar-refractivity contribution in [2.24, 2.45) is 0 Å². The number of nitrogens with one attached hydrogen (secondary N) is 1. The molecule has 0 bridgehead atoms. The fraction of sp³-hybridized carbons (Fsp3) is 0.286. The Bertz CT molecular complexity index is 604. The van der Waals surface area contributed by atoms with Gasteiger partial charge in [-0.05, 0) is 32.4 Å². The first-order valence-corrected chi connectivity index (χ1v) is 6.09. The minimum Gasteiger partial charge on any atom is -0.319 e. The van der Waals surface area contributed by atoms with Gasteiger partial charge in [0.2, 0.25) is 0 Å². The first kappa shape index (κ1) is 13.3. The van der Waals surface area contributed by atoms with Crippen LogP contribution >= 0.6 is 0 Å². The van der Waals surface area contributed by atoms with Gasteiger partial charge < -0.3 is 5.32 Å². The molecule has 0 unspecified atom stereocenters. The van der Waals surface area contributed by atoms with Crippen molar-refractivity contribution >= 4 is 11.6 Å².